The van der Waals surface area contributed by atoms with E-state index in [4.69, 9.17) is 37.9 Å². The fourth-order valence-corrected chi connectivity index (χ4v) is 8.59. The van der Waals surface area contributed by atoms with Crippen molar-refractivity contribution in [2.75, 3.05) is 39.9 Å². The van der Waals surface area contributed by atoms with Crippen LogP contribution in [-0.2, 0) is 33.7 Å². The van der Waals surface area contributed by atoms with Gasteiger partial charge in [0.05, 0.1) is 50.5 Å². The molecule has 18 heteroatoms. The molecule has 16 nitrogen and oxygen atoms in total. The van der Waals surface area contributed by atoms with Gasteiger partial charge in [-0.1, -0.05) is 102 Å². The Hall–Kier alpha value is -8.84. The average Bonchev–Trinajstić information content (AvgIpc) is 3.96. The van der Waals surface area contributed by atoms with Gasteiger partial charge in [-0.25, -0.2) is 14.8 Å². The number of phenols is 1. The van der Waals surface area contributed by atoms with Gasteiger partial charge in [0.1, 0.15) is 59.1 Å². The molecule has 0 unspecified atom stereocenters. The molecule has 0 radical (unpaired) electrons. The number of hydrogen-bond donors (Lipinski definition) is 2. The van der Waals surface area contributed by atoms with E-state index in [0.29, 0.717) is 82.1 Å². The zero-order chi connectivity index (χ0) is 58.8. The first-order valence-electron chi connectivity index (χ1n) is 26.2. The molecule has 0 bridgehead atoms. The molecule has 0 saturated carbocycles. The summed E-state index contributed by atoms with van der Waals surface area (Å²) in [7, 11) is 4.52. The van der Waals surface area contributed by atoms with Crippen LogP contribution in [0.3, 0.4) is 0 Å². The van der Waals surface area contributed by atoms with Crippen molar-refractivity contribution >= 4 is 34.1 Å². The normalized spacial score (nSPS) is 12.1. The van der Waals surface area contributed by atoms with Gasteiger partial charge in [0.25, 0.3) is 5.91 Å². The van der Waals surface area contributed by atoms with Crippen molar-refractivity contribution in [1.29, 1.82) is 0 Å². The molecule has 0 spiro atoms. The zero-order valence-corrected chi connectivity index (χ0v) is 47.9. The Kier molecular flexibility index (Phi) is 24.7. The minimum Gasteiger partial charge on any atom is -0.508 e. The first-order valence-corrected chi connectivity index (χ1v) is 27.0. The van der Waals surface area contributed by atoms with Gasteiger partial charge in [0, 0.05) is 56.4 Å². The van der Waals surface area contributed by atoms with E-state index in [1.54, 1.807) is 44.6 Å². The number of halogens is 1. The molecule has 4 atom stereocenters. The summed E-state index contributed by atoms with van der Waals surface area (Å²) >= 11 is 1.13. The van der Waals surface area contributed by atoms with E-state index in [2.05, 4.69) is 32.2 Å². The monoisotopic (exact) mass is 1140 g/mol. The van der Waals surface area contributed by atoms with E-state index in [1.807, 2.05) is 113 Å². The number of pyridine rings is 1. The lowest BCUT2D eigenvalue weighted by molar-refractivity contribution is 0.0599. The number of methoxy groups -OCH3 is 3. The summed E-state index contributed by atoms with van der Waals surface area (Å²) in [5, 5.41) is 13.1. The van der Waals surface area contributed by atoms with Crippen LogP contribution < -0.4 is 33.7 Å². The van der Waals surface area contributed by atoms with E-state index in [9.17, 15) is 23.9 Å². The second-order valence-electron chi connectivity index (χ2n) is 18.8. The lowest BCUT2D eigenvalue weighted by atomic mass is 10.1. The van der Waals surface area contributed by atoms with E-state index < -0.39 is 11.9 Å². The smallest absolute Gasteiger partial charge is 0.338 e. The van der Waals surface area contributed by atoms with Crippen molar-refractivity contribution in [1.82, 2.24) is 9.97 Å². The molecule has 8 rings (SSSR count). The van der Waals surface area contributed by atoms with Gasteiger partial charge in [0.15, 0.2) is 10.9 Å². The summed E-state index contributed by atoms with van der Waals surface area (Å²) in [5.41, 5.74) is 4.54. The van der Waals surface area contributed by atoms with Crippen LogP contribution in [0.4, 0.5) is 9.52 Å². The van der Waals surface area contributed by atoms with Gasteiger partial charge in [-0.2, -0.15) is 4.39 Å². The van der Waals surface area contributed by atoms with Crippen LogP contribution in [0, 0.1) is 5.95 Å². The molecule has 2 heterocycles. The molecule has 82 heavy (non-hydrogen) atoms. The number of benzene rings is 6. The quantitative estimate of drug-likeness (QED) is 0.0312. The number of thiazole rings is 1. The van der Waals surface area contributed by atoms with Crippen LogP contribution in [0.5, 0.6) is 45.3 Å². The maximum absolute atomic E-state index is 13.1. The highest BCUT2D eigenvalue weighted by molar-refractivity contribution is 7.17. The molecule has 0 aliphatic heterocycles. The molecular weight excluding hydrogens is 1070 g/mol. The minimum absolute atomic E-state index is 0.0196. The molecule has 2 aromatic heterocycles. The molecule has 0 saturated heterocycles. The largest absolute Gasteiger partial charge is 0.508 e. The van der Waals surface area contributed by atoms with Crippen LogP contribution >= 0.6 is 11.3 Å². The Balaban J connectivity index is 0.000000212. The van der Waals surface area contributed by atoms with Crippen molar-refractivity contribution in [2.24, 2.45) is 0 Å². The Bertz CT molecular complexity index is 3240. The summed E-state index contributed by atoms with van der Waals surface area (Å²) in [6.45, 7) is 10.6. The molecule has 430 valence electrons. The fraction of sp³-hybridized carbons (Fsp3) is 0.266. The molecule has 0 aliphatic rings. The third-order valence-electron chi connectivity index (χ3n) is 11.5. The van der Waals surface area contributed by atoms with Gasteiger partial charge in [-0.05, 0) is 99.8 Å². The van der Waals surface area contributed by atoms with Crippen LogP contribution in [0.2, 0.25) is 0 Å². The van der Waals surface area contributed by atoms with Gasteiger partial charge in [0.2, 0.25) is 11.0 Å². The molecule has 1 amide bonds. The summed E-state index contributed by atoms with van der Waals surface area (Å²) in [4.78, 5) is 44.1. The number of amides is 1. The highest BCUT2D eigenvalue weighted by Gasteiger charge is 2.18. The van der Waals surface area contributed by atoms with E-state index >= 15 is 0 Å². The Labute approximate surface area is 481 Å². The second kappa shape index (κ2) is 32.4. The fourth-order valence-electron chi connectivity index (χ4n) is 7.91. The van der Waals surface area contributed by atoms with Crippen LogP contribution in [-0.4, -0.2) is 91.7 Å². The Morgan fingerprint density at radius 1 is 0.549 bits per heavy atom. The van der Waals surface area contributed by atoms with E-state index in [-0.39, 0.29) is 47.4 Å². The van der Waals surface area contributed by atoms with Crippen molar-refractivity contribution in [3.8, 4) is 45.3 Å². The highest BCUT2D eigenvalue weighted by atomic mass is 32.1. The summed E-state index contributed by atoms with van der Waals surface area (Å²) in [5.74, 6) is 1.45. The molecule has 6 aromatic carbocycles. The summed E-state index contributed by atoms with van der Waals surface area (Å²) in [6, 6.07) is 47.2. The number of anilines is 1. The Morgan fingerprint density at radius 3 is 1.51 bits per heavy atom. The number of Topliss-reactive ketones (excluding diaryl/α,β-unsaturated/α-hetero) is 1. The topological polar surface area (TPSA) is 192 Å². The number of nitrogens with one attached hydrogen (secondary N) is 1. The number of esters is 1. The third-order valence-corrected chi connectivity index (χ3v) is 12.3. The van der Waals surface area contributed by atoms with Gasteiger partial charge in [-0.15, -0.1) is 0 Å². The number of ketones is 1. The molecule has 8 aromatic rings. The first-order chi connectivity index (χ1) is 39.5. The van der Waals surface area contributed by atoms with Crippen LogP contribution in [0.25, 0.3) is 0 Å². The van der Waals surface area contributed by atoms with Crippen molar-refractivity contribution in [2.45, 2.75) is 78.5 Å². The molecular formula is C64H68FN3O13S. The molecule has 0 aliphatic carbocycles. The maximum atomic E-state index is 13.1. The standard InChI is InChI=1S/C28H28FN3O5S.C21H26O4.C15H14O4/c1-18(11-20-7-5-4-6-8-20)35-23-12-21(13-24(14-23)36-19(2)17-34-3)27(33)32-28-31-16-26(38-28)37-22-9-10-25(29)30-15-22;1-15(10-18-8-6-5-7-9-18)24-20-11-19(17(3)22)12-21(13-20)25-16(2)14-23-4;1-18-15(17)12-7-13(16)9-14(8-12)19-10-11-5-3-2-4-6-11/h4-10,12-16,18-19H,11,17H2,1-3H3,(H,31,32,33);5-9,11-13,15-16H,10,14H2,1-4H3;2-9,16H,10H2,1H3/t18-,19-;15-,16-;/m00./s1. The number of nitrogens with zero attached hydrogens (tertiary/aromatic N) is 2. The van der Waals surface area contributed by atoms with Crippen LogP contribution in [0.15, 0.2) is 170 Å². The lowest BCUT2D eigenvalue weighted by Crippen LogP contribution is -2.19. The predicted molar refractivity (Wildman–Crippen MR) is 312 cm³/mol. The average molecular weight is 1140 g/mol. The van der Waals surface area contributed by atoms with Crippen molar-refractivity contribution < 1.29 is 66.5 Å². The Morgan fingerprint density at radius 2 is 1.04 bits per heavy atom. The number of aromatic hydroxyl groups is 1. The molecule has 0 fully saturated rings. The van der Waals surface area contributed by atoms with E-state index in [0.717, 1.165) is 28.9 Å². The second-order valence-corrected chi connectivity index (χ2v) is 19.8. The summed E-state index contributed by atoms with van der Waals surface area (Å²) < 4.78 is 63.0. The highest BCUT2D eigenvalue weighted by Crippen LogP contribution is 2.32. The SMILES string of the molecule is COC(=O)c1cc(O)cc(OCc2ccccc2)c1.COC[C@H](C)Oc1cc(O[C@@H](C)Cc2ccccc2)cc(C(=O)Nc2ncc(Oc3ccc(F)nc3)s2)c1.COC[C@H](C)Oc1cc(O[C@@H](C)Cc2ccccc2)cc(C(C)=O)c1. The number of hydrogen-bond acceptors (Lipinski definition) is 16. The lowest BCUT2D eigenvalue weighted by Gasteiger charge is -2.19. The van der Waals surface area contributed by atoms with Crippen LogP contribution in [0.1, 0.15) is 82.4 Å². The van der Waals surface area contributed by atoms with Crippen molar-refractivity contribution in [3.63, 3.8) is 0 Å². The van der Waals surface area contributed by atoms with Gasteiger partial charge < -0.3 is 47.7 Å². The third kappa shape index (κ3) is 21.7. The number of carbonyl (C=O) groups is 3. The van der Waals surface area contributed by atoms with Crippen molar-refractivity contribution in [3.05, 3.63) is 209 Å². The van der Waals surface area contributed by atoms with E-state index in [1.165, 1.54) is 62.3 Å². The predicted octanol–water partition coefficient (Wildman–Crippen LogP) is 13.2. The zero-order valence-electron chi connectivity index (χ0n) is 47.0. The number of phenolic OH excluding ortho intramolecular Hbond substituents is 1. The number of rotatable bonds is 25. The number of carbonyl (C=O) groups excluding carboxylic acids is 3. The van der Waals surface area contributed by atoms with Gasteiger partial charge in [-0.3, -0.25) is 14.9 Å². The minimum atomic E-state index is -0.602. The maximum Gasteiger partial charge on any atom is 0.338 e. The van der Waals surface area contributed by atoms with Gasteiger partial charge >= 0.3 is 5.97 Å². The summed E-state index contributed by atoms with van der Waals surface area (Å²) in [6.07, 6.45) is 3.74. The number of aromatic nitrogens is 2. The first kappa shape index (κ1) is 62.4. The number of ether oxygens (including phenoxy) is 9. The molecule has 2 N–H and O–H groups in total.